The van der Waals surface area contributed by atoms with Gasteiger partial charge in [-0.3, -0.25) is 9.69 Å². The van der Waals surface area contributed by atoms with E-state index in [2.05, 4.69) is 14.6 Å². The normalized spacial score (nSPS) is 13.5. The van der Waals surface area contributed by atoms with Gasteiger partial charge in [0.1, 0.15) is 18.1 Å². The predicted molar refractivity (Wildman–Crippen MR) is 116 cm³/mol. The van der Waals surface area contributed by atoms with Crippen LogP contribution in [0.3, 0.4) is 0 Å². The third-order valence-corrected chi connectivity index (χ3v) is 5.35. The number of hydrogen-bond donors (Lipinski definition) is 1. The van der Waals surface area contributed by atoms with Crippen LogP contribution >= 0.6 is 0 Å². The minimum atomic E-state index is -2.89. The number of halogens is 2. The highest BCUT2D eigenvalue weighted by Crippen LogP contribution is 2.25. The third kappa shape index (κ3) is 6.01. The Hall–Kier alpha value is -3.59. The number of ether oxygens (including phenoxy) is 2. The second-order valence-corrected chi connectivity index (χ2v) is 7.63. The molecule has 33 heavy (non-hydrogen) atoms. The summed E-state index contributed by atoms with van der Waals surface area (Å²) in [5.41, 5.74) is 3.35. The number of aromatic nitrogens is 2. The lowest BCUT2D eigenvalue weighted by molar-refractivity contribution is -0.137. The van der Waals surface area contributed by atoms with Crippen LogP contribution in [0.1, 0.15) is 23.2 Å². The van der Waals surface area contributed by atoms with Crippen molar-refractivity contribution < 1.29 is 28.2 Å². The first-order valence-corrected chi connectivity index (χ1v) is 10.5. The number of carboxylic acid groups (broad SMARTS) is 1. The standard InChI is InChI=1S/C24H23F2N3O4/c25-24(26)33-21-4-2-1-3-17(21)15-32-19-7-5-16(6-8-19)23-27-13-18-14-29(12-10-22(30)31)11-9-20(18)28-23/h1-8,13,24H,9-12,14-15H2,(H,30,31). The zero-order chi connectivity index (χ0) is 23.2. The van der Waals surface area contributed by atoms with Crippen molar-refractivity contribution in [2.75, 3.05) is 13.1 Å². The molecule has 0 radical (unpaired) electrons. The SMILES string of the molecule is O=C(O)CCN1CCc2nc(-c3ccc(OCc4ccccc4OC(F)F)cc3)ncc2C1. The molecule has 0 unspecified atom stereocenters. The molecule has 0 aliphatic carbocycles. The summed E-state index contributed by atoms with van der Waals surface area (Å²) in [5.74, 6) is 0.478. The van der Waals surface area contributed by atoms with Gasteiger partial charge in [-0.2, -0.15) is 8.78 Å². The van der Waals surface area contributed by atoms with Crippen LogP contribution in [0.25, 0.3) is 11.4 Å². The van der Waals surface area contributed by atoms with Crippen LogP contribution in [0.2, 0.25) is 0 Å². The molecule has 0 amide bonds. The monoisotopic (exact) mass is 455 g/mol. The molecule has 0 saturated heterocycles. The number of fused-ring (bicyclic) bond motifs is 1. The van der Waals surface area contributed by atoms with Gasteiger partial charge in [0.15, 0.2) is 5.82 Å². The highest BCUT2D eigenvalue weighted by molar-refractivity contribution is 5.66. The van der Waals surface area contributed by atoms with E-state index in [0.29, 0.717) is 30.2 Å². The second-order valence-electron chi connectivity index (χ2n) is 7.63. The zero-order valence-corrected chi connectivity index (χ0v) is 17.8. The summed E-state index contributed by atoms with van der Waals surface area (Å²) < 4.78 is 35.4. The van der Waals surface area contributed by atoms with Crippen LogP contribution in [-0.2, 0) is 24.4 Å². The molecular formula is C24H23F2N3O4. The van der Waals surface area contributed by atoms with Crippen molar-refractivity contribution in [3.05, 3.63) is 71.5 Å². The molecule has 2 aromatic carbocycles. The van der Waals surface area contributed by atoms with Gasteiger partial charge in [0.05, 0.1) is 12.1 Å². The number of alkyl halides is 2. The number of carbonyl (C=O) groups is 1. The maximum absolute atomic E-state index is 12.6. The van der Waals surface area contributed by atoms with Crippen molar-refractivity contribution in [2.45, 2.75) is 32.6 Å². The Morgan fingerprint density at radius 3 is 2.70 bits per heavy atom. The van der Waals surface area contributed by atoms with E-state index in [4.69, 9.17) is 14.8 Å². The summed E-state index contributed by atoms with van der Waals surface area (Å²) in [4.78, 5) is 22.0. The van der Waals surface area contributed by atoms with Gasteiger partial charge in [0.25, 0.3) is 0 Å². The predicted octanol–water partition coefficient (Wildman–Crippen LogP) is 4.16. The van der Waals surface area contributed by atoms with Crippen LogP contribution in [0.15, 0.2) is 54.7 Å². The average molecular weight is 455 g/mol. The summed E-state index contributed by atoms with van der Waals surface area (Å²) in [7, 11) is 0. The molecule has 0 atom stereocenters. The van der Waals surface area contributed by atoms with E-state index in [9.17, 15) is 13.6 Å². The van der Waals surface area contributed by atoms with Gasteiger partial charge in [-0.15, -0.1) is 0 Å². The third-order valence-electron chi connectivity index (χ3n) is 5.35. The minimum absolute atomic E-state index is 0.0908. The van der Waals surface area contributed by atoms with Crippen LogP contribution in [0.5, 0.6) is 11.5 Å². The van der Waals surface area contributed by atoms with Gasteiger partial charge >= 0.3 is 12.6 Å². The Kier molecular flexibility index (Phi) is 7.09. The lowest BCUT2D eigenvalue weighted by atomic mass is 10.1. The molecular weight excluding hydrogens is 432 g/mol. The van der Waals surface area contributed by atoms with Crippen molar-refractivity contribution in [3.8, 4) is 22.9 Å². The molecule has 1 aliphatic heterocycles. The Labute approximate surface area is 189 Å². The van der Waals surface area contributed by atoms with E-state index in [0.717, 1.165) is 29.8 Å². The summed E-state index contributed by atoms with van der Waals surface area (Å²) in [6.45, 7) is -0.880. The zero-order valence-electron chi connectivity index (χ0n) is 17.8. The average Bonchev–Trinajstić information content (AvgIpc) is 2.82. The molecule has 1 N–H and O–H groups in total. The fourth-order valence-electron chi connectivity index (χ4n) is 3.65. The van der Waals surface area contributed by atoms with Crippen molar-refractivity contribution in [3.63, 3.8) is 0 Å². The van der Waals surface area contributed by atoms with Gasteiger partial charge in [0.2, 0.25) is 0 Å². The van der Waals surface area contributed by atoms with Gasteiger partial charge in [-0.25, -0.2) is 9.97 Å². The number of hydrogen-bond acceptors (Lipinski definition) is 6. The quantitative estimate of drug-likeness (QED) is 0.519. The Morgan fingerprint density at radius 2 is 1.94 bits per heavy atom. The van der Waals surface area contributed by atoms with E-state index in [1.54, 1.807) is 36.5 Å². The van der Waals surface area contributed by atoms with Crippen molar-refractivity contribution in [1.29, 1.82) is 0 Å². The van der Waals surface area contributed by atoms with Gasteiger partial charge in [-0.05, 0) is 30.3 Å². The van der Waals surface area contributed by atoms with Crippen LogP contribution in [-0.4, -0.2) is 45.6 Å². The lowest BCUT2D eigenvalue weighted by Gasteiger charge is -2.27. The highest BCUT2D eigenvalue weighted by atomic mass is 19.3. The summed E-state index contributed by atoms with van der Waals surface area (Å²) in [5, 5.41) is 8.86. The van der Waals surface area contributed by atoms with E-state index < -0.39 is 12.6 Å². The molecule has 3 aromatic rings. The second kappa shape index (κ2) is 10.4. The molecule has 7 nitrogen and oxygen atoms in total. The van der Waals surface area contributed by atoms with E-state index in [1.807, 2.05) is 12.1 Å². The molecule has 1 aliphatic rings. The Bertz CT molecular complexity index is 1110. The molecule has 2 heterocycles. The topological polar surface area (TPSA) is 84.8 Å². The number of rotatable bonds is 9. The van der Waals surface area contributed by atoms with Crippen molar-refractivity contribution >= 4 is 5.97 Å². The van der Waals surface area contributed by atoms with Crippen LogP contribution in [0, 0.1) is 0 Å². The van der Waals surface area contributed by atoms with Crippen molar-refractivity contribution in [2.24, 2.45) is 0 Å². The number of para-hydroxylation sites is 1. The molecule has 0 bridgehead atoms. The fraction of sp³-hybridized carbons (Fsp3) is 0.292. The molecule has 0 spiro atoms. The maximum atomic E-state index is 12.6. The van der Waals surface area contributed by atoms with E-state index >= 15 is 0 Å². The molecule has 0 fully saturated rings. The fourth-order valence-corrected chi connectivity index (χ4v) is 3.65. The summed E-state index contributed by atoms with van der Waals surface area (Å²) in [6.07, 6.45) is 2.66. The maximum Gasteiger partial charge on any atom is 0.387 e. The molecule has 0 saturated carbocycles. The number of carboxylic acids is 1. The lowest BCUT2D eigenvalue weighted by Crippen LogP contribution is -2.33. The molecule has 172 valence electrons. The van der Waals surface area contributed by atoms with Gasteiger partial charge in [-0.1, -0.05) is 18.2 Å². The first kappa shape index (κ1) is 22.6. The first-order chi connectivity index (χ1) is 16.0. The van der Waals surface area contributed by atoms with Gasteiger partial charge in [0, 0.05) is 48.9 Å². The highest BCUT2D eigenvalue weighted by Gasteiger charge is 2.19. The largest absolute Gasteiger partial charge is 0.489 e. The van der Waals surface area contributed by atoms with Crippen LogP contribution < -0.4 is 9.47 Å². The first-order valence-electron chi connectivity index (χ1n) is 10.5. The smallest absolute Gasteiger partial charge is 0.387 e. The van der Waals surface area contributed by atoms with Gasteiger partial charge < -0.3 is 14.6 Å². The summed E-state index contributed by atoms with van der Waals surface area (Å²) in [6, 6.07) is 13.8. The van der Waals surface area contributed by atoms with Crippen LogP contribution in [0.4, 0.5) is 8.78 Å². The van der Waals surface area contributed by atoms with E-state index in [-0.39, 0.29) is 18.8 Å². The number of benzene rings is 2. The van der Waals surface area contributed by atoms with E-state index in [1.165, 1.54) is 6.07 Å². The Balaban J connectivity index is 1.39. The molecule has 9 heteroatoms. The molecule has 1 aromatic heterocycles. The molecule has 4 rings (SSSR count). The van der Waals surface area contributed by atoms with Crippen molar-refractivity contribution in [1.82, 2.24) is 14.9 Å². The summed E-state index contributed by atoms with van der Waals surface area (Å²) >= 11 is 0. The minimum Gasteiger partial charge on any atom is -0.489 e. The number of aliphatic carboxylic acids is 1. The number of nitrogens with zero attached hydrogens (tertiary/aromatic N) is 3. The Morgan fingerprint density at radius 1 is 1.15 bits per heavy atom.